The van der Waals surface area contributed by atoms with Gasteiger partial charge in [0.25, 0.3) is 0 Å². The zero-order chi connectivity index (χ0) is 14.4. The van der Waals surface area contributed by atoms with Crippen LogP contribution in [0.3, 0.4) is 0 Å². The summed E-state index contributed by atoms with van der Waals surface area (Å²) in [4.78, 5) is 25.1. The summed E-state index contributed by atoms with van der Waals surface area (Å²) in [6.45, 7) is -0.557. The van der Waals surface area contributed by atoms with Crippen LogP contribution >= 0.6 is 0 Å². The molecule has 0 radical (unpaired) electrons. The molecule has 0 fully saturated rings. The minimum Gasteiger partial charge on any atom is -0.508 e. The lowest BCUT2D eigenvalue weighted by Crippen LogP contribution is -2.44. The number of carbonyl (C=O) groups is 2. The number of carbonyl (C=O) groups excluding carboxylic acids is 1. The lowest BCUT2D eigenvalue weighted by atomic mass is 10.3. The average molecular weight is 262 g/mol. The van der Waals surface area contributed by atoms with Crippen molar-refractivity contribution in [3.8, 4) is 18.1 Å². The van der Waals surface area contributed by atoms with E-state index in [9.17, 15) is 14.7 Å². The van der Waals surface area contributed by atoms with Gasteiger partial charge in [0.2, 0.25) is 0 Å². The third-order valence-electron chi connectivity index (χ3n) is 2.40. The SMILES string of the molecule is C#CCN(CC(=O)O)C(=O)N(C)c1ccc(O)cc1. The zero-order valence-electron chi connectivity index (χ0n) is 10.4. The van der Waals surface area contributed by atoms with Crippen LogP contribution in [-0.4, -0.2) is 47.3 Å². The first-order valence-electron chi connectivity index (χ1n) is 5.42. The van der Waals surface area contributed by atoms with Gasteiger partial charge in [0.15, 0.2) is 0 Å². The molecule has 0 saturated heterocycles. The van der Waals surface area contributed by atoms with E-state index < -0.39 is 18.5 Å². The van der Waals surface area contributed by atoms with E-state index in [-0.39, 0.29) is 12.3 Å². The third-order valence-corrected chi connectivity index (χ3v) is 2.40. The number of carboxylic acids is 1. The summed E-state index contributed by atoms with van der Waals surface area (Å²) in [5.41, 5.74) is 0.523. The molecule has 1 rings (SSSR count). The third kappa shape index (κ3) is 3.92. The highest BCUT2D eigenvalue weighted by Gasteiger charge is 2.20. The minimum absolute atomic E-state index is 0.0793. The maximum atomic E-state index is 12.1. The molecule has 0 aliphatic rings. The first-order valence-corrected chi connectivity index (χ1v) is 5.42. The number of terminal acetylenes is 1. The minimum atomic E-state index is -1.14. The van der Waals surface area contributed by atoms with Gasteiger partial charge < -0.3 is 15.1 Å². The smallest absolute Gasteiger partial charge is 0.325 e. The fraction of sp³-hybridized carbons (Fsp3) is 0.231. The van der Waals surface area contributed by atoms with Gasteiger partial charge in [-0.2, -0.15) is 0 Å². The molecule has 0 bridgehead atoms. The molecule has 2 N–H and O–H groups in total. The fourth-order valence-electron chi connectivity index (χ4n) is 1.46. The van der Waals surface area contributed by atoms with Crippen LogP contribution in [0.5, 0.6) is 5.75 Å². The number of anilines is 1. The van der Waals surface area contributed by atoms with Gasteiger partial charge in [0.05, 0.1) is 6.54 Å². The highest BCUT2D eigenvalue weighted by molar-refractivity contribution is 5.93. The van der Waals surface area contributed by atoms with E-state index in [4.69, 9.17) is 11.5 Å². The monoisotopic (exact) mass is 262 g/mol. The predicted molar refractivity (Wildman–Crippen MR) is 69.9 cm³/mol. The molecule has 1 aromatic carbocycles. The largest absolute Gasteiger partial charge is 0.508 e. The normalized spacial score (nSPS) is 9.47. The quantitative estimate of drug-likeness (QED) is 0.792. The molecule has 0 atom stereocenters. The summed E-state index contributed by atoms with van der Waals surface area (Å²) >= 11 is 0. The van der Waals surface area contributed by atoms with Crippen LogP contribution in [0.2, 0.25) is 0 Å². The van der Waals surface area contributed by atoms with Crippen molar-refractivity contribution in [1.82, 2.24) is 4.90 Å². The Labute approximate surface area is 110 Å². The Bertz CT molecular complexity index is 504. The van der Waals surface area contributed by atoms with Crippen molar-refractivity contribution < 1.29 is 19.8 Å². The van der Waals surface area contributed by atoms with E-state index in [0.29, 0.717) is 5.69 Å². The van der Waals surface area contributed by atoms with Crippen molar-refractivity contribution in [3.63, 3.8) is 0 Å². The molecule has 0 aromatic heterocycles. The van der Waals surface area contributed by atoms with Crippen molar-refractivity contribution in [2.24, 2.45) is 0 Å². The second-order valence-corrected chi connectivity index (χ2v) is 3.81. The number of phenols is 1. The lowest BCUT2D eigenvalue weighted by molar-refractivity contribution is -0.137. The van der Waals surface area contributed by atoms with E-state index in [1.54, 1.807) is 12.1 Å². The number of hydrogen-bond acceptors (Lipinski definition) is 3. The molecule has 1 aromatic rings. The number of amides is 2. The molecule has 6 heteroatoms. The van der Waals surface area contributed by atoms with E-state index in [2.05, 4.69) is 5.92 Å². The van der Waals surface area contributed by atoms with Crippen LogP contribution in [0.15, 0.2) is 24.3 Å². The molecule has 0 saturated carbocycles. The molecule has 0 unspecified atom stereocenters. The van der Waals surface area contributed by atoms with Crippen LogP contribution in [0.4, 0.5) is 10.5 Å². The zero-order valence-corrected chi connectivity index (χ0v) is 10.4. The molecule has 0 heterocycles. The Balaban J connectivity index is 2.86. The van der Waals surface area contributed by atoms with Crippen LogP contribution in [-0.2, 0) is 4.79 Å². The van der Waals surface area contributed by atoms with Gasteiger partial charge in [-0.15, -0.1) is 6.42 Å². The van der Waals surface area contributed by atoms with Crippen LogP contribution in [0.1, 0.15) is 0 Å². The molecule has 6 nitrogen and oxygen atoms in total. The molecule has 100 valence electrons. The molecule has 2 amide bonds. The number of urea groups is 1. The predicted octanol–water partition coefficient (Wildman–Crippen LogP) is 0.968. The summed E-state index contributed by atoms with van der Waals surface area (Å²) in [6, 6.07) is 5.43. The number of aliphatic carboxylic acids is 1. The molecule has 0 aliphatic carbocycles. The Morgan fingerprint density at radius 2 is 1.89 bits per heavy atom. The molecular formula is C13H14N2O4. The Hall–Kier alpha value is -2.68. The summed E-state index contributed by atoms with van der Waals surface area (Å²) in [6.07, 6.45) is 5.11. The lowest BCUT2D eigenvalue weighted by Gasteiger charge is -2.25. The highest BCUT2D eigenvalue weighted by atomic mass is 16.4. The topological polar surface area (TPSA) is 81.1 Å². The summed E-state index contributed by atoms with van der Waals surface area (Å²) in [5.74, 6) is 1.19. The van der Waals surface area contributed by atoms with Gasteiger partial charge in [-0.05, 0) is 24.3 Å². The molecular weight excluding hydrogens is 248 g/mol. The molecule has 19 heavy (non-hydrogen) atoms. The van der Waals surface area contributed by atoms with Crippen molar-refractivity contribution in [3.05, 3.63) is 24.3 Å². The number of rotatable bonds is 4. The number of aromatic hydroxyl groups is 1. The van der Waals surface area contributed by atoms with E-state index in [0.717, 1.165) is 4.90 Å². The number of nitrogens with zero attached hydrogens (tertiary/aromatic N) is 2. The second-order valence-electron chi connectivity index (χ2n) is 3.81. The Kier molecular flexibility index (Phi) is 4.77. The average Bonchev–Trinajstić information content (AvgIpc) is 2.37. The van der Waals surface area contributed by atoms with Crippen LogP contribution in [0, 0.1) is 12.3 Å². The number of phenolic OH excluding ortho intramolecular Hbond substituents is 1. The number of hydrogen-bond donors (Lipinski definition) is 2. The van der Waals surface area contributed by atoms with Crippen LogP contribution in [0.25, 0.3) is 0 Å². The van der Waals surface area contributed by atoms with Crippen LogP contribution < -0.4 is 4.90 Å². The summed E-state index contributed by atoms with van der Waals surface area (Å²) in [5, 5.41) is 17.9. The summed E-state index contributed by atoms with van der Waals surface area (Å²) in [7, 11) is 1.50. The van der Waals surface area contributed by atoms with Crippen molar-refractivity contribution in [2.75, 3.05) is 25.0 Å². The first-order chi connectivity index (χ1) is 8.95. The van der Waals surface area contributed by atoms with Gasteiger partial charge in [-0.1, -0.05) is 5.92 Å². The fourth-order valence-corrected chi connectivity index (χ4v) is 1.46. The van der Waals surface area contributed by atoms with E-state index in [1.807, 2.05) is 0 Å². The number of carboxylic acid groups (broad SMARTS) is 1. The van der Waals surface area contributed by atoms with Crippen molar-refractivity contribution in [1.29, 1.82) is 0 Å². The standard InChI is InChI=1S/C13H14N2O4/c1-3-8-15(9-12(17)18)13(19)14(2)10-4-6-11(16)7-5-10/h1,4-7,16H,8-9H2,2H3,(H,17,18). The maximum absolute atomic E-state index is 12.1. The van der Waals surface area contributed by atoms with Crippen molar-refractivity contribution >= 4 is 17.7 Å². The van der Waals surface area contributed by atoms with Gasteiger partial charge in [-0.3, -0.25) is 9.69 Å². The second kappa shape index (κ2) is 6.31. The molecule has 0 spiro atoms. The summed E-state index contributed by atoms with van der Waals surface area (Å²) < 4.78 is 0. The van der Waals surface area contributed by atoms with E-state index >= 15 is 0 Å². The van der Waals surface area contributed by atoms with Crippen molar-refractivity contribution in [2.45, 2.75) is 0 Å². The maximum Gasteiger partial charge on any atom is 0.325 e. The first kappa shape index (κ1) is 14.4. The Morgan fingerprint density at radius 3 is 2.37 bits per heavy atom. The highest BCUT2D eigenvalue weighted by Crippen LogP contribution is 2.18. The van der Waals surface area contributed by atoms with Gasteiger partial charge in [-0.25, -0.2) is 4.79 Å². The van der Waals surface area contributed by atoms with Gasteiger partial charge in [0, 0.05) is 12.7 Å². The van der Waals surface area contributed by atoms with E-state index in [1.165, 1.54) is 24.1 Å². The van der Waals surface area contributed by atoms with Gasteiger partial charge >= 0.3 is 12.0 Å². The van der Waals surface area contributed by atoms with Gasteiger partial charge in [0.1, 0.15) is 12.3 Å². The Morgan fingerprint density at radius 1 is 1.32 bits per heavy atom. The number of benzene rings is 1. The molecule has 0 aliphatic heterocycles.